The van der Waals surface area contributed by atoms with Crippen molar-refractivity contribution in [2.45, 2.75) is 25.7 Å². The van der Waals surface area contributed by atoms with Gasteiger partial charge in [0, 0.05) is 24.1 Å². The molecule has 0 bridgehead atoms. The Morgan fingerprint density at radius 2 is 2.37 bits per heavy atom. The summed E-state index contributed by atoms with van der Waals surface area (Å²) in [5, 5.41) is 0. The summed E-state index contributed by atoms with van der Waals surface area (Å²) in [6.07, 6.45) is 3.52. The molecule has 0 aromatic carbocycles. The molecular weight excluding hydrogens is 248 g/mol. The van der Waals surface area contributed by atoms with Gasteiger partial charge in [-0.2, -0.15) is 0 Å². The van der Waals surface area contributed by atoms with Gasteiger partial charge in [-0.05, 0) is 25.5 Å². The number of nitrogens with one attached hydrogen (secondary N) is 2. The molecule has 0 unspecified atom stereocenters. The van der Waals surface area contributed by atoms with Crippen LogP contribution >= 0.6 is 0 Å². The molecule has 0 aliphatic heterocycles. The molecule has 1 amide bonds. The summed E-state index contributed by atoms with van der Waals surface area (Å²) in [5.74, 6) is 0.775. The van der Waals surface area contributed by atoms with Gasteiger partial charge < -0.3 is 9.15 Å². The molecule has 1 aliphatic rings. The maximum atomic E-state index is 11.6. The minimum Gasteiger partial charge on any atom is -0.469 e. The lowest BCUT2D eigenvalue weighted by Gasteiger charge is -2.21. The number of allylic oxidation sites excluding steroid dienone is 2. The number of amides is 1. The second kappa shape index (κ2) is 6.08. The average Bonchev–Trinajstić information content (AvgIpc) is 2.90. The van der Waals surface area contributed by atoms with E-state index in [9.17, 15) is 9.59 Å². The minimum absolute atomic E-state index is 0.000749. The molecule has 0 saturated heterocycles. The van der Waals surface area contributed by atoms with Gasteiger partial charge in [0.1, 0.15) is 5.76 Å². The van der Waals surface area contributed by atoms with Crippen LogP contribution in [0.25, 0.3) is 0 Å². The molecule has 1 aromatic heterocycles. The number of carbonyl (C=O) groups is 2. The Balaban J connectivity index is 1.94. The van der Waals surface area contributed by atoms with E-state index in [0.29, 0.717) is 25.1 Å². The van der Waals surface area contributed by atoms with Gasteiger partial charge in [0.25, 0.3) is 0 Å². The number of rotatable bonds is 4. The largest absolute Gasteiger partial charge is 0.469 e. The molecule has 1 heterocycles. The molecule has 1 aliphatic carbocycles. The highest BCUT2D eigenvalue weighted by Gasteiger charge is 2.24. The quantitative estimate of drug-likeness (QED) is 0.811. The van der Waals surface area contributed by atoms with Gasteiger partial charge in [-0.15, -0.1) is 0 Å². The van der Waals surface area contributed by atoms with Crippen LogP contribution in [0.4, 0.5) is 4.79 Å². The first-order valence-corrected chi connectivity index (χ1v) is 6.14. The lowest BCUT2D eigenvalue weighted by Crippen LogP contribution is -2.38. The summed E-state index contributed by atoms with van der Waals surface area (Å²) in [4.78, 5) is 22.8. The highest BCUT2D eigenvalue weighted by atomic mass is 16.5. The number of ether oxygens (including phenoxy) is 1. The van der Waals surface area contributed by atoms with Gasteiger partial charge in [0.2, 0.25) is 0 Å². The Morgan fingerprint density at radius 3 is 3.05 bits per heavy atom. The van der Waals surface area contributed by atoms with Crippen LogP contribution < -0.4 is 10.9 Å². The van der Waals surface area contributed by atoms with E-state index >= 15 is 0 Å². The third-order valence-corrected chi connectivity index (χ3v) is 2.80. The lowest BCUT2D eigenvalue weighted by atomic mass is 9.89. The van der Waals surface area contributed by atoms with Crippen molar-refractivity contribution in [2.24, 2.45) is 0 Å². The van der Waals surface area contributed by atoms with Gasteiger partial charge in [0.15, 0.2) is 5.78 Å². The molecule has 0 fully saturated rings. The maximum Gasteiger partial charge on any atom is 0.425 e. The monoisotopic (exact) mass is 264 g/mol. The predicted molar refractivity (Wildman–Crippen MR) is 67.1 cm³/mol. The summed E-state index contributed by atoms with van der Waals surface area (Å²) >= 11 is 0. The zero-order chi connectivity index (χ0) is 13.7. The van der Waals surface area contributed by atoms with E-state index in [1.54, 1.807) is 19.3 Å². The third-order valence-electron chi connectivity index (χ3n) is 2.80. The molecule has 2 rings (SSSR count). The van der Waals surface area contributed by atoms with Crippen LogP contribution in [0.1, 0.15) is 31.4 Å². The number of hydrogen-bond acceptors (Lipinski definition) is 5. The first kappa shape index (κ1) is 13.2. The second-order valence-corrected chi connectivity index (χ2v) is 4.23. The Morgan fingerprint density at radius 1 is 1.53 bits per heavy atom. The zero-order valence-corrected chi connectivity index (χ0v) is 10.6. The van der Waals surface area contributed by atoms with E-state index in [4.69, 9.17) is 9.15 Å². The normalized spacial score (nSPS) is 18.7. The van der Waals surface area contributed by atoms with Crippen molar-refractivity contribution in [3.05, 3.63) is 35.9 Å². The first-order valence-electron chi connectivity index (χ1n) is 6.14. The first-order chi connectivity index (χ1) is 9.19. The second-order valence-electron chi connectivity index (χ2n) is 4.23. The summed E-state index contributed by atoms with van der Waals surface area (Å²) in [7, 11) is 0. The molecule has 0 spiro atoms. The van der Waals surface area contributed by atoms with Gasteiger partial charge in [-0.25, -0.2) is 10.2 Å². The fourth-order valence-electron chi connectivity index (χ4n) is 2.00. The van der Waals surface area contributed by atoms with Crippen LogP contribution in [0.3, 0.4) is 0 Å². The molecule has 0 radical (unpaired) electrons. The van der Waals surface area contributed by atoms with Gasteiger partial charge in [0.05, 0.1) is 12.9 Å². The summed E-state index contributed by atoms with van der Waals surface area (Å²) in [6, 6.07) is 3.64. The van der Waals surface area contributed by atoms with Crippen molar-refractivity contribution < 1.29 is 18.7 Å². The lowest BCUT2D eigenvalue weighted by molar-refractivity contribution is -0.115. The molecule has 102 valence electrons. The number of ketones is 1. The van der Waals surface area contributed by atoms with E-state index in [2.05, 4.69) is 10.9 Å². The Hall–Kier alpha value is -2.24. The van der Waals surface area contributed by atoms with Crippen molar-refractivity contribution in [1.29, 1.82) is 0 Å². The zero-order valence-electron chi connectivity index (χ0n) is 10.6. The van der Waals surface area contributed by atoms with Crippen LogP contribution in [0, 0.1) is 0 Å². The molecule has 19 heavy (non-hydrogen) atoms. The van der Waals surface area contributed by atoms with Gasteiger partial charge in [-0.1, -0.05) is 0 Å². The number of carbonyl (C=O) groups excluding carboxylic acids is 2. The van der Waals surface area contributed by atoms with E-state index in [0.717, 1.165) is 5.76 Å². The Labute approximate surface area is 110 Å². The molecular formula is C13H16N2O4. The SMILES string of the molecule is CCOC(=O)NNC1=CC(=O)C[C@@H](c2ccco2)C1. The summed E-state index contributed by atoms with van der Waals surface area (Å²) in [6.45, 7) is 2.01. The van der Waals surface area contributed by atoms with Crippen LogP contribution in [0.5, 0.6) is 0 Å². The molecule has 2 N–H and O–H groups in total. The molecule has 6 heteroatoms. The van der Waals surface area contributed by atoms with Crippen LogP contribution in [-0.2, 0) is 9.53 Å². The maximum absolute atomic E-state index is 11.6. The van der Waals surface area contributed by atoms with Crippen LogP contribution in [-0.4, -0.2) is 18.5 Å². The molecule has 1 atom stereocenters. The molecule has 6 nitrogen and oxygen atoms in total. The fourth-order valence-corrected chi connectivity index (χ4v) is 2.00. The predicted octanol–water partition coefficient (Wildman–Crippen LogP) is 1.86. The van der Waals surface area contributed by atoms with Crippen molar-refractivity contribution in [1.82, 2.24) is 10.9 Å². The van der Waals surface area contributed by atoms with E-state index in [-0.39, 0.29) is 11.7 Å². The molecule has 1 aromatic rings. The summed E-state index contributed by atoms with van der Waals surface area (Å²) in [5.41, 5.74) is 5.72. The summed E-state index contributed by atoms with van der Waals surface area (Å²) < 4.78 is 10.0. The molecule has 0 saturated carbocycles. The standard InChI is InChI=1S/C13H16N2O4/c1-2-18-13(17)15-14-10-6-9(7-11(16)8-10)12-4-3-5-19-12/h3-5,8-9,14H,2,6-7H2,1H3,(H,15,17)/t9-/m0/s1. The van der Waals surface area contributed by atoms with Crippen LogP contribution in [0.2, 0.25) is 0 Å². The van der Waals surface area contributed by atoms with E-state index in [1.165, 1.54) is 6.08 Å². The van der Waals surface area contributed by atoms with Gasteiger partial charge in [-0.3, -0.25) is 10.2 Å². The average molecular weight is 264 g/mol. The fraction of sp³-hybridized carbons (Fsp3) is 0.385. The minimum atomic E-state index is -0.573. The smallest absolute Gasteiger partial charge is 0.425 e. The number of furan rings is 1. The Kier molecular flexibility index (Phi) is 4.22. The van der Waals surface area contributed by atoms with E-state index in [1.807, 2.05) is 6.07 Å². The van der Waals surface area contributed by atoms with Crippen molar-refractivity contribution in [2.75, 3.05) is 6.61 Å². The topological polar surface area (TPSA) is 80.6 Å². The van der Waals surface area contributed by atoms with Gasteiger partial charge >= 0.3 is 6.09 Å². The number of hydrazine groups is 1. The van der Waals surface area contributed by atoms with Crippen LogP contribution in [0.15, 0.2) is 34.6 Å². The third kappa shape index (κ3) is 3.61. The van der Waals surface area contributed by atoms with E-state index < -0.39 is 6.09 Å². The van der Waals surface area contributed by atoms with Crippen molar-refractivity contribution >= 4 is 11.9 Å². The van der Waals surface area contributed by atoms with Crippen molar-refractivity contribution in [3.8, 4) is 0 Å². The van der Waals surface area contributed by atoms with Crippen molar-refractivity contribution in [3.63, 3.8) is 0 Å². The highest BCUT2D eigenvalue weighted by molar-refractivity contribution is 5.91. The number of hydrogen-bond donors (Lipinski definition) is 2. The Bertz CT molecular complexity index is 479. The highest BCUT2D eigenvalue weighted by Crippen LogP contribution is 2.30.